The van der Waals surface area contributed by atoms with E-state index < -0.39 is 0 Å². The number of methoxy groups -OCH3 is 1. The Morgan fingerprint density at radius 3 is 2.60 bits per heavy atom. The molecule has 0 aliphatic carbocycles. The zero-order valence-electron chi connectivity index (χ0n) is 11.9. The SMILES string of the molecule is COc1cccc(CC(Cl)c2cc(C)c(Br)cc2C)c1. The smallest absolute Gasteiger partial charge is 0.119 e. The molecule has 0 aromatic heterocycles. The zero-order valence-corrected chi connectivity index (χ0v) is 14.3. The molecular weight excluding hydrogens is 336 g/mol. The van der Waals surface area contributed by atoms with Gasteiger partial charge in [-0.05, 0) is 60.7 Å². The summed E-state index contributed by atoms with van der Waals surface area (Å²) in [5.41, 5.74) is 4.80. The highest BCUT2D eigenvalue weighted by atomic mass is 79.9. The quantitative estimate of drug-likeness (QED) is 0.650. The van der Waals surface area contributed by atoms with Crippen molar-refractivity contribution in [2.75, 3.05) is 7.11 Å². The van der Waals surface area contributed by atoms with Crippen molar-refractivity contribution in [3.05, 3.63) is 63.1 Å². The van der Waals surface area contributed by atoms with Gasteiger partial charge < -0.3 is 4.74 Å². The van der Waals surface area contributed by atoms with Crippen LogP contribution in [0.3, 0.4) is 0 Å². The molecule has 0 saturated carbocycles. The predicted molar refractivity (Wildman–Crippen MR) is 88.9 cm³/mol. The van der Waals surface area contributed by atoms with Crippen molar-refractivity contribution in [1.29, 1.82) is 0 Å². The van der Waals surface area contributed by atoms with Gasteiger partial charge in [0.15, 0.2) is 0 Å². The third-order valence-electron chi connectivity index (χ3n) is 3.43. The maximum Gasteiger partial charge on any atom is 0.119 e. The molecule has 1 nitrogen and oxygen atoms in total. The Hall–Kier alpha value is -0.990. The first-order valence-electron chi connectivity index (χ1n) is 6.55. The minimum atomic E-state index is -0.0334. The van der Waals surface area contributed by atoms with E-state index in [4.69, 9.17) is 16.3 Å². The summed E-state index contributed by atoms with van der Waals surface area (Å²) in [6.07, 6.45) is 0.792. The van der Waals surface area contributed by atoms with Crippen LogP contribution in [0, 0.1) is 13.8 Å². The van der Waals surface area contributed by atoms with Gasteiger partial charge in [0, 0.05) is 4.47 Å². The first-order valence-corrected chi connectivity index (χ1v) is 7.78. The molecule has 0 bridgehead atoms. The number of hydrogen-bond donors (Lipinski definition) is 0. The van der Waals surface area contributed by atoms with Crippen molar-refractivity contribution in [1.82, 2.24) is 0 Å². The lowest BCUT2D eigenvalue weighted by Gasteiger charge is -2.15. The summed E-state index contributed by atoms with van der Waals surface area (Å²) in [7, 11) is 1.68. The Morgan fingerprint density at radius 1 is 1.15 bits per heavy atom. The first-order chi connectivity index (χ1) is 9.51. The van der Waals surface area contributed by atoms with Gasteiger partial charge in [0.1, 0.15) is 5.75 Å². The molecule has 20 heavy (non-hydrogen) atoms. The third-order valence-corrected chi connectivity index (χ3v) is 4.68. The second-order valence-electron chi connectivity index (χ2n) is 4.98. The van der Waals surface area contributed by atoms with E-state index in [1.165, 1.54) is 22.3 Å². The summed E-state index contributed by atoms with van der Waals surface area (Å²) >= 11 is 10.2. The van der Waals surface area contributed by atoms with Gasteiger partial charge in [-0.25, -0.2) is 0 Å². The lowest BCUT2D eigenvalue weighted by molar-refractivity contribution is 0.414. The molecule has 0 saturated heterocycles. The fourth-order valence-electron chi connectivity index (χ4n) is 2.26. The van der Waals surface area contributed by atoms with Crippen LogP contribution >= 0.6 is 27.5 Å². The Balaban J connectivity index is 2.23. The molecule has 2 aromatic carbocycles. The van der Waals surface area contributed by atoms with Crippen LogP contribution in [-0.4, -0.2) is 7.11 Å². The normalized spacial score (nSPS) is 12.2. The van der Waals surface area contributed by atoms with E-state index in [1.54, 1.807) is 7.11 Å². The molecule has 3 heteroatoms. The Labute approximate surface area is 134 Å². The molecule has 2 aromatic rings. The van der Waals surface area contributed by atoms with Crippen LogP contribution in [0.25, 0.3) is 0 Å². The Kier molecular flexibility index (Phi) is 5.11. The van der Waals surface area contributed by atoms with Crippen LogP contribution in [0.4, 0.5) is 0 Å². The van der Waals surface area contributed by atoms with E-state index in [2.05, 4.69) is 48.0 Å². The lowest BCUT2D eigenvalue weighted by Crippen LogP contribution is -2.00. The second-order valence-corrected chi connectivity index (χ2v) is 6.36. The van der Waals surface area contributed by atoms with Crippen LogP contribution in [-0.2, 0) is 6.42 Å². The summed E-state index contributed by atoms with van der Waals surface area (Å²) in [6, 6.07) is 12.4. The minimum absolute atomic E-state index is 0.0334. The first kappa shape index (κ1) is 15.4. The zero-order chi connectivity index (χ0) is 14.7. The number of ether oxygens (including phenoxy) is 1. The fraction of sp³-hybridized carbons (Fsp3) is 0.294. The van der Waals surface area contributed by atoms with Gasteiger partial charge in [-0.1, -0.05) is 34.1 Å². The summed E-state index contributed by atoms with van der Waals surface area (Å²) in [6.45, 7) is 4.18. The van der Waals surface area contributed by atoms with Gasteiger partial charge >= 0.3 is 0 Å². The minimum Gasteiger partial charge on any atom is -0.497 e. The molecule has 0 aliphatic heterocycles. The maximum atomic E-state index is 6.61. The van der Waals surface area contributed by atoms with Crippen molar-refractivity contribution in [2.24, 2.45) is 0 Å². The summed E-state index contributed by atoms with van der Waals surface area (Å²) in [5, 5.41) is -0.0334. The van der Waals surface area contributed by atoms with E-state index in [1.807, 2.05) is 18.2 Å². The van der Waals surface area contributed by atoms with E-state index in [0.29, 0.717) is 0 Å². The van der Waals surface area contributed by atoms with Crippen LogP contribution in [0.2, 0.25) is 0 Å². The Bertz CT molecular complexity index is 610. The van der Waals surface area contributed by atoms with Crippen LogP contribution in [0.5, 0.6) is 5.75 Å². The van der Waals surface area contributed by atoms with Crippen molar-refractivity contribution in [3.63, 3.8) is 0 Å². The molecule has 0 fully saturated rings. The van der Waals surface area contributed by atoms with Crippen molar-refractivity contribution in [2.45, 2.75) is 25.6 Å². The Morgan fingerprint density at radius 2 is 1.90 bits per heavy atom. The summed E-state index contributed by atoms with van der Waals surface area (Å²) < 4.78 is 6.38. The maximum absolute atomic E-state index is 6.61. The van der Waals surface area contributed by atoms with Gasteiger partial charge in [0.05, 0.1) is 12.5 Å². The molecule has 0 radical (unpaired) electrons. The summed E-state index contributed by atoms with van der Waals surface area (Å²) in [4.78, 5) is 0. The van der Waals surface area contributed by atoms with Crippen LogP contribution in [0.1, 0.15) is 27.6 Å². The number of halogens is 2. The van der Waals surface area contributed by atoms with E-state index in [0.717, 1.165) is 16.6 Å². The summed E-state index contributed by atoms with van der Waals surface area (Å²) in [5.74, 6) is 0.870. The largest absolute Gasteiger partial charge is 0.497 e. The van der Waals surface area contributed by atoms with Crippen molar-refractivity contribution >= 4 is 27.5 Å². The predicted octanol–water partition coefficient (Wildman–Crippen LogP) is 5.60. The highest BCUT2D eigenvalue weighted by molar-refractivity contribution is 9.10. The molecule has 0 heterocycles. The molecule has 1 unspecified atom stereocenters. The molecule has 0 N–H and O–H groups in total. The molecule has 1 atom stereocenters. The second kappa shape index (κ2) is 6.64. The van der Waals surface area contributed by atoms with Gasteiger partial charge in [-0.15, -0.1) is 11.6 Å². The van der Waals surface area contributed by atoms with E-state index in [-0.39, 0.29) is 5.38 Å². The molecule has 2 rings (SSSR count). The highest BCUT2D eigenvalue weighted by Crippen LogP contribution is 2.31. The average Bonchev–Trinajstić information content (AvgIpc) is 2.43. The topological polar surface area (TPSA) is 9.23 Å². The molecule has 0 amide bonds. The highest BCUT2D eigenvalue weighted by Gasteiger charge is 2.13. The standard InChI is InChI=1S/C17H18BrClO/c1-11-8-16(18)12(2)7-15(11)17(19)10-13-5-4-6-14(9-13)20-3/h4-9,17H,10H2,1-3H3. The third kappa shape index (κ3) is 3.56. The van der Waals surface area contributed by atoms with E-state index >= 15 is 0 Å². The number of aryl methyl sites for hydroxylation is 2. The van der Waals surface area contributed by atoms with Crippen molar-refractivity contribution < 1.29 is 4.74 Å². The molecule has 0 spiro atoms. The monoisotopic (exact) mass is 352 g/mol. The molecule has 0 aliphatic rings. The number of alkyl halides is 1. The van der Waals surface area contributed by atoms with Gasteiger partial charge in [0.25, 0.3) is 0 Å². The number of hydrogen-bond acceptors (Lipinski definition) is 1. The van der Waals surface area contributed by atoms with Gasteiger partial charge in [-0.3, -0.25) is 0 Å². The van der Waals surface area contributed by atoms with Crippen LogP contribution in [0.15, 0.2) is 40.9 Å². The number of rotatable bonds is 4. The molecular formula is C17H18BrClO. The van der Waals surface area contributed by atoms with Gasteiger partial charge in [-0.2, -0.15) is 0 Å². The lowest BCUT2D eigenvalue weighted by atomic mass is 9.98. The average molecular weight is 354 g/mol. The van der Waals surface area contributed by atoms with Crippen molar-refractivity contribution in [3.8, 4) is 5.75 Å². The van der Waals surface area contributed by atoms with E-state index in [9.17, 15) is 0 Å². The molecule has 106 valence electrons. The van der Waals surface area contributed by atoms with Gasteiger partial charge in [0.2, 0.25) is 0 Å². The number of benzene rings is 2. The van der Waals surface area contributed by atoms with Crippen LogP contribution < -0.4 is 4.74 Å². The fourth-order valence-corrected chi connectivity index (χ4v) is 3.13.